The van der Waals surface area contributed by atoms with E-state index in [-0.39, 0.29) is 35.2 Å². The lowest BCUT2D eigenvalue weighted by molar-refractivity contribution is -0.373. The van der Waals surface area contributed by atoms with Crippen LogP contribution < -0.4 is 0 Å². The second-order valence-corrected chi connectivity index (χ2v) is 9.20. The van der Waals surface area contributed by atoms with Crippen molar-refractivity contribution >= 4 is 0 Å². The molecule has 0 fully saturated rings. The van der Waals surface area contributed by atoms with E-state index in [1.54, 1.807) is 0 Å². The van der Waals surface area contributed by atoms with Crippen molar-refractivity contribution in [3.05, 3.63) is 35.4 Å². The Morgan fingerprint density at radius 2 is 0.923 bits per heavy atom. The Morgan fingerprint density at radius 3 is 1.19 bits per heavy atom. The van der Waals surface area contributed by atoms with E-state index in [0.29, 0.717) is 0 Å². The van der Waals surface area contributed by atoms with Crippen LogP contribution >= 0.6 is 0 Å². The first-order valence-corrected chi connectivity index (χ1v) is 9.59. The Kier molecular flexibility index (Phi) is 8.28. The molecule has 0 bridgehead atoms. The largest absolute Gasteiger partial charge is 0.233 e. The first-order chi connectivity index (χ1) is 11.8. The second kappa shape index (κ2) is 9.32. The molecule has 0 aliphatic heterocycles. The summed E-state index contributed by atoms with van der Waals surface area (Å²) >= 11 is 0. The van der Waals surface area contributed by atoms with Crippen LogP contribution in [0.1, 0.15) is 92.2 Å². The summed E-state index contributed by atoms with van der Waals surface area (Å²) in [6.45, 7) is 20.3. The van der Waals surface area contributed by atoms with Crippen LogP contribution in [0.4, 0.5) is 0 Å². The lowest BCUT2D eigenvalue weighted by Gasteiger charge is -2.29. The van der Waals surface area contributed by atoms with Crippen LogP contribution in [0.5, 0.6) is 0 Å². The lowest BCUT2D eigenvalue weighted by atomic mass is 9.85. The minimum atomic E-state index is -0.326. The Bertz CT molecular complexity index is 493. The molecule has 0 saturated carbocycles. The average Bonchev–Trinajstić information content (AvgIpc) is 2.54. The fourth-order valence-corrected chi connectivity index (χ4v) is 2.45. The molecule has 0 aromatic heterocycles. The highest BCUT2D eigenvalue weighted by Gasteiger charge is 2.26. The van der Waals surface area contributed by atoms with Crippen LogP contribution in [-0.2, 0) is 19.6 Å². The van der Waals surface area contributed by atoms with Gasteiger partial charge >= 0.3 is 0 Å². The summed E-state index contributed by atoms with van der Waals surface area (Å²) in [6.07, 6.45) is -0.130. The SMILES string of the molecule is CC(OOC(C)(C)C)C(C)c1ccccc1C(C)C(C)OOC(C)(C)C. The van der Waals surface area contributed by atoms with Gasteiger partial charge in [-0.25, -0.2) is 19.6 Å². The predicted octanol–water partition coefficient (Wildman–Crippen LogP) is 6.16. The Balaban J connectivity index is 2.88. The zero-order valence-electron chi connectivity index (χ0n) is 18.3. The molecule has 0 N–H and O–H groups in total. The summed E-state index contributed by atoms with van der Waals surface area (Å²) in [7, 11) is 0. The maximum atomic E-state index is 5.65. The molecule has 4 atom stereocenters. The molecule has 4 nitrogen and oxygen atoms in total. The molecule has 0 spiro atoms. The van der Waals surface area contributed by atoms with E-state index in [1.165, 1.54) is 11.1 Å². The van der Waals surface area contributed by atoms with Crippen molar-refractivity contribution in [3.8, 4) is 0 Å². The summed E-state index contributed by atoms with van der Waals surface area (Å²) in [5, 5.41) is 0. The zero-order valence-corrected chi connectivity index (χ0v) is 18.3. The van der Waals surface area contributed by atoms with Gasteiger partial charge in [0.2, 0.25) is 0 Å². The van der Waals surface area contributed by atoms with E-state index in [1.807, 2.05) is 55.4 Å². The molecule has 26 heavy (non-hydrogen) atoms. The predicted molar refractivity (Wildman–Crippen MR) is 106 cm³/mol. The van der Waals surface area contributed by atoms with Gasteiger partial charge < -0.3 is 0 Å². The van der Waals surface area contributed by atoms with Crippen LogP contribution in [0.2, 0.25) is 0 Å². The van der Waals surface area contributed by atoms with Crippen molar-refractivity contribution in [2.24, 2.45) is 0 Å². The van der Waals surface area contributed by atoms with E-state index in [9.17, 15) is 0 Å². The quantitative estimate of drug-likeness (QED) is 0.407. The Labute approximate surface area is 160 Å². The minimum absolute atomic E-state index is 0.0652. The molecule has 0 heterocycles. The molecular formula is C22H38O4. The maximum absolute atomic E-state index is 5.65. The molecule has 0 saturated heterocycles. The Hall–Kier alpha value is -0.940. The summed E-state index contributed by atoms with van der Waals surface area (Å²) in [4.78, 5) is 22.3. The van der Waals surface area contributed by atoms with Crippen LogP contribution in [0.3, 0.4) is 0 Å². The van der Waals surface area contributed by atoms with E-state index in [2.05, 4.69) is 38.1 Å². The normalized spacial score (nSPS) is 17.6. The topological polar surface area (TPSA) is 36.9 Å². The van der Waals surface area contributed by atoms with Gasteiger partial charge in [-0.15, -0.1) is 0 Å². The van der Waals surface area contributed by atoms with Crippen molar-refractivity contribution in [3.63, 3.8) is 0 Å². The highest BCUT2D eigenvalue weighted by atomic mass is 17.2. The van der Waals surface area contributed by atoms with Gasteiger partial charge in [0.25, 0.3) is 0 Å². The zero-order chi connectivity index (χ0) is 20.1. The first-order valence-electron chi connectivity index (χ1n) is 9.59. The molecular weight excluding hydrogens is 328 g/mol. The van der Waals surface area contributed by atoms with Crippen molar-refractivity contribution in [1.82, 2.24) is 0 Å². The van der Waals surface area contributed by atoms with E-state index >= 15 is 0 Å². The average molecular weight is 367 g/mol. The fraction of sp³-hybridized carbons (Fsp3) is 0.727. The highest BCUT2D eigenvalue weighted by molar-refractivity contribution is 5.34. The van der Waals surface area contributed by atoms with Gasteiger partial charge in [-0.3, -0.25) is 0 Å². The molecule has 0 aliphatic rings. The maximum Gasteiger partial charge on any atom is 0.0967 e. The monoisotopic (exact) mass is 366 g/mol. The third kappa shape index (κ3) is 7.75. The third-order valence-electron chi connectivity index (χ3n) is 4.29. The van der Waals surface area contributed by atoms with Gasteiger partial charge in [0, 0.05) is 11.8 Å². The van der Waals surface area contributed by atoms with E-state index in [0.717, 1.165) is 0 Å². The van der Waals surface area contributed by atoms with E-state index < -0.39 is 0 Å². The van der Waals surface area contributed by atoms with Crippen molar-refractivity contribution in [2.75, 3.05) is 0 Å². The second-order valence-electron chi connectivity index (χ2n) is 9.20. The van der Waals surface area contributed by atoms with Gasteiger partial charge in [-0.1, -0.05) is 38.1 Å². The molecule has 1 aromatic rings. The molecule has 150 valence electrons. The molecule has 4 unspecified atom stereocenters. The number of rotatable bonds is 8. The van der Waals surface area contributed by atoms with E-state index in [4.69, 9.17) is 19.6 Å². The van der Waals surface area contributed by atoms with Gasteiger partial charge in [-0.05, 0) is 66.5 Å². The van der Waals surface area contributed by atoms with Crippen molar-refractivity contribution in [2.45, 2.75) is 104 Å². The summed E-state index contributed by atoms with van der Waals surface area (Å²) in [5.74, 6) is 0.374. The van der Waals surface area contributed by atoms with Gasteiger partial charge in [0.05, 0.1) is 23.4 Å². The van der Waals surface area contributed by atoms with Crippen LogP contribution in [0.25, 0.3) is 0 Å². The molecule has 0 amide bonds. The lowest BCUT2D eigenvalue weighted by Crippen LogP contribution is -2.28. The Morgan fingerprint density at radius 1 is 0.615 bits per heavy atom. The van der Waals surface area contributed by atoms with Gasteiger partial charge in [0.1, 0.15) is 0 Å². The summed E-state index contributed by atoms with van der Waals surface area (Å²) in [6, 6.07) is 8.45. The van der Waals surface area contributed by atoms with Gasteiger partial charge in [0.15, 0.2) is 0 Å². The van der Waals surface area contributed by atoms with Crippen LogP contribution in [0.15, 0.2) is 24.3 Å². The first kappa shape index (κ1) is 23.1. The number of hydrogen-bond acceptors (Lipinski definition) is 4. The van der Waals surface area contributed by atoms with Crippen molar-refractivity contribution in [1.29, 1.82) is 0 Å². The smallest absolute Gasteiger partial charge is 0.0967 e. The molecule has 0 radical (unpaired) electrons. The minimum Gasteiger partial charge on any atom is -0.233 e. The molecule has 4 heteroatoms. The molecule has 1 rings (SSSR count). The third-order valence-corrected chi connectivity index (χ3v) is 4.29. The highest BCUT2D eigenvalue weighted by Crippen LogP contribution is 2.32. The molecule has 0 aliphatic carbocycles. The standard InChI is InChI=1S/C22H38O4/c1-15(17(3)23-25-21(5,6)7)19-13-11-12-14-20(19)16(2)18(4)24-26-22(8,9)10/h11-18H,1-10H3. The summed E-state index contributed by atoms with van der Waals surface area (Å²) in [5.41, 5.74) is 1.84. The number of benzene rings is 1. The fourth-order valence-electron chi connectivity index (χ4n) is 2.45. The van der Waals surface area contributed by atoms with Gasteiger partial charge in [-0.2, -0.15) is 0 Å². The van der Waals surface area contributed by atoms with Crippen molar-refractivity contribution < 1.29 is 19.6 Å². The summed E-state index contributed by atoms with van der Waals surface area (Å²) < 4.78 is 0. The number of hydrogen-bond donors (Lipinski definition) is 0. The molecule has 1 aromatic carbocycles. The van der Waals surface area contributed by atoms with Crippen LogP contribution in [-0.4, -0.2) is 23.4 Å². The van der Waals surface area contributed by atoms with Crippen LogP contribution in [0, 0.1) is 0 Å².